The van der Waals surface area contributed by atoms with Gasteiger partial charge in [-0.2, -0.15) is 0 Å². The Morgan fingerprint density at radius 2 is 1.76 bits per heavy atom. The molecule has 0 aliphatic carbocycles. The summed E-state index contributed by atoms with van der Waals surface area (Å²) in [4.78, 5) is 4.63. The van der Waals surface area contributed by atoms with E-state index in [2.05, 4.69) is 51.0 Å². The summed E-state index contributed by atoms with van der Waals surface area (Å²) in [5, 5.41) is 3.40. The van der Waals surface area contributed by atoms with E-state index in [-0.39, 0.29) is 0 Å². The van der Waals surface area contributed by atoms with E-state index < -0.39 is 0 Å². The van der Waals surface area contributed by atoms with Crippen molar-refractivity contribution in [2.75, 3.05) is 6.54 Å². The van der Waals surface area contributed by atoms with Gasteiger partial charge in [0.1, 0.15) is 5.84 Å². The maximum atomic E-state index is 4.63. The molecule has 0 radical (unpaired) electrons. The lowest BCUT2D eigenvalue weighted by Crippen LogP contribution is -2.22. The third-order valence-electron chi connectivity index (χ3n) is 3.84. The van der Waals surface area contributed by atoms with Gasteiger partial charge in [-0.3, -0.25) is 4.99 Å². The Kier molecular flexibility index (Phi) is 3.23. The molecule has 92 valence electrons. The summed E-state index contributed by atoms with van der Waals surface area (Å²) in [6, 6.07) is 2.71. The van der Waals surface area contributed by atoms with Gasteiger partial charge in [0.05, 0.1) is 6.04 Å². The smallest absolute Gasteiger partial charge is 0.101 e. The largest absolute Gasteiger partial charge is 0.371 e. The van der Waals surface area contributed by atoms with Gasteiger partial charge < -0.3 is 5.32 Å². The first-order chi connectivity index (χ1) is 7.99. The molecule has 1 aromatic carbocycles. The van der Waals surface area contributed by atoms with Crippen LogP contribution in [0.15, 0.2) is 11.1 Å². The molecule has 0 saturated heterocycles. The zero-order valence-corrected chi connectivity index (χ0v) is 11.5. The second-order valence-electron chi connectivity index (χ2n) is 5.22. The highest BCUT2D eigenvalue weighted by Crippen LogP contribution is 2.22. The minimum absolute atomic E-state index is 0.427. The molecule has 1 N–H and O–H groups in total. The minimum Gasteiger partial charge on any atom is -0.371 e. The topological polar surface area (TPSA) is 24.4 Å². The SMILES string of the molecule is Cc1cc(C)c(C)c(CC2=NC(C)CN2)c1C. The Bertz CT molecular complexity index is 446. The highest BCUT2D eigenvalue weighted by atomic mass is 15.1. The first-order valence-corrected chi connectivity index (χ1v) is 6.36. The van der Waals surface area contributed by atoms with E-state index in [4.69, 9.17) is 0 Å². The second-order valence-corrected chi connectivity index (χ2v) is 5.22. The Labute approximate surface area is 104 Å². The molecule has 2 rings (SSSR count). The fourth-order valence-electron chi connectivity index (χ4n) is 2.46. The third-order valence-corrected chi connectivity index (χ3v) is 3.84. The van der Waals surface area contributed by atoms with Crippen molar-refractivity contribution in [1.29, 1.82) is 0 Å². The van der Waals surface area contributed by atoms with Crippen LogP contribution in [0.25, 0.3) is 0 Å². The van der Waals surface area contributed by atoms with Crippen molar-refractivity contribution in [3.05, 3.63) is 33.9 Å². The van der Waals surface area contributed by atoms with Crippen molar-refractivity contribution in [1.82, 2.24) is 5.32 Å². The standard InChI is InChI=1S/C15H22N2/c1-9-6-10(2)13(5)14(12(9)4)7-15-16-8-11(3)17-15/h6,11H,7-8H2,1-5H3,(H,16,17). The van der Waals surface area contributed by atoms with E-state index in [1.807, 2.05) is 0 Å². The highest BCUT2D eigenvalue weighted by molar-refractivity contribution is 5.86. The van der Waals surface area contributed by atoms with Gasteiger partial charge in [0, 0.05) is 13.0 Å². The summed E-state index contributed by atoms with van der Waals surface area (Å²) < 4.78 is 0. The molecule has 1 aliphatic rings. The molecule has 2 nitrogen and oxygen atoms in total. The van der Waals surface area contributed by atoms with Crippen molar-refractivity contribution < 1.29 is 0 Å². The Morgan fingerprint density at radius 3 is 2.24 bits per heavy atom. The average molecular weight is 230 g/mol. The molecule has 1 aliphatic heterocycles. The monoisotopic (exact) mass is 230 g/mol. The normalized spacial score (nSPS) is 19.1. The molecule has 1 unspecified atom stereocenters. The van der Waals surface area contributed by atoms with Gasteiger partial charge in [0.2, 0.25) is 0 Å². The van der Waals surface area contributed by atoms with Gasteiger partial charge in [-0.05, 0) is 62.4 Å². The van der Waals surface area contributed by atoms with Crippen LogP contribution >= 0.6 is 0 Å². The summed E-state index contributed by atoms with van der Waals surface area (Å²) in [5.74, 6) is 1.15. The van der Waals surface area contributed by atoms with Crippen LogP contribution in [0.4, 0.5) is 0 Å². The predicted octanol–water partition coefficient (Wildman–Crippen LogP) is 2.85. The maximum Gasteiger partial charge on any atom is 0.101 e. The minimum atomic E-state index is 0.427. The third kappa shape index (κ3) is 2.36. The number of aliphatic imine (C=N–C) groups is 1. The van der Waals surface area contributed by atoms with E-state index >= 15 is 0 Å². The lowest BCUT2D eigenvalue weighted by molar-refractivity contribution is 0.765. The zero-order valence-electron chi connectivity index (χ0n) is 11.5. The fraction of sp³-hybridized carbons (Fsp3) is 0.533. The summed E-state index contributed by atoms with van der Waals surface area (Å²) in [6.07, 6.45) is 0.949. The summed E-state index contributed by atoms with van der Waals surface area (Å²) in [7, 11) is 0. The van der Waals surface area contributed by atoms with E-state index in [1.54, 1.807) is 0 Å². The van der Waals surface area contributed by atoms with Crippen LogP contribution in [0.5, 0.6) is 0 Å². The molecule has 0 bridgehead atoms. The van der Waals surface area contributed by atoms with Crippen LogP contribution in [0.3, 0.4) is 0 Å². The van der Waals surface area contributed by atoms with Crippen molar-refractivity contribution in [2.24, 2.45) is 4.99 Å². The van der Waals surface area contributed by atoms with E-state index in [1.165, 1.54) is 27.8 Å². The number of benzene rings is 1. The van der Waals surface area contributed by atoms with Crippen molar-refractivity contribution in [3.63, 3.8) is 0 Å². The summed E-state index contributed by atoms with van der Waals surface area (Å²) in [5.41, 5.74) is 7.04. The zero-order chi connectivity index (χ0) is 12.6. The van der Waals surface area contributed by atoms with Crippen LogP contribution in [-0.2, 0) is 6.42 Å². The Balaban J connectivity index is 2.35. The molecule has 0 fully saturated rings. The van der Waals surface area contributed by atoms with Crippen LogP contribution in [0, 0.1) is 27.7 Å². The van der Waals surface area contributed by atoms with Crippen LogP contribution in [0.2, 0.25) is 0 Å². The maximum absolute atomic E-state index is 4.63. The number of hydrogen-bond acceptors (Lipinski definition) is 2. The highest BCUT2D eigenvalue weighted by Gasteiger charge is 2.15. The van der Waals surface area contributed by atoms with Crippen molar-refractivity contribution >= 4 is 5.84 Å². The molecule has 0 aromatic heterocycles. The summed E-state index contributed by atoms with van der Waals surface area (Å²) in [6.45, 7) is 12.0. The number of amidine groups is 1. The van der Waals surface area contributed by atoms with Crippen LogP contribution in [-0.4, -0.2) is 18.4 Å². The lowest BCUT2D eigenvalue weighted by Gasteiger charge is -2.15. The molecule has 2 heteroatoms. The first kappa shape index (κ1) is 12.2. The first-order valence-electron chi connectivity index (χ1n) is 6.36. The Morgan fingerprint density at radius 1 is 1.18 bits per heavy atom. The molecular weight excluding hydrogens is 208 g/mol. The molecule has 0 saturated carbocycles. The van der Waals surface area contributed by atoms with E-state index in [9.17, 15) is 0 Å². The number of nitrogens with zero attached hydrogens (tertiary/aromatic N) is 1. The van der Waals surface area contributed by atoms with Crippen molar-refractivity contribution in [3.8, 4) is 0 Å². The number of rotatable bonds is 2. The van der Waals surface area contributed by atoms with Gasteiger partial charge in [-0.1, -0.05) is 6.07 Å². The van der Waals surface area contributed by atoms with Crippen molar-refractivity contribution in [2.45, 2.75) is 47.1 Å². The molecule has 1 aromatic rings. The predicted molar refractivity (Wildman–Crippen MR) is 74.0 cm³/mol. The van der Waals surface area contributed by atoms with E-state index in [0.29, 0.717) is 6.04 Å². The molecule has 1 atom stereocenters. The van der Waals surface area contributed by atoms with Crippen LogP contribution in [0.1, 0.15) is 34.7 Å². The lowest BCUT2D eigenvalue weighted by atomic mass is 9.92. The van der Waals surface area contributed by atoms with Gasteiger partial charge >= 0.3 is 0 Å². The molecule has 0 spiro atoms. The number of nitrogens with one attached hydrogen (secondary N) is 1. The van der Waals surface area contributed by atoms with Gasteiger partial charge in [0.15, 0.2) is 0 Å². The van der Waals surface area contributed by atoms with Gasteiger partial charge in [-0.25, -0.2) is 0 Å². The van der Waals surface area contributed by atoms with Crippen LogP contribution < -0.4 is 5.32 Å². The average Bonchev–Trinajstić information content (AvgIpc) is 2.68. The van der Waals surface area contributed by atoms with Gasteiger partial charge in [0.25, 0.3) is 0 Å². The quantitative estimate of drug-likeness (QED) is 0.830. The van der Waals surface area contributed by atoms with E-state index in [0.717, 1.165) is 18.8 Å². The number of aryl methyl sites for hydroxylation is 2. The molecule has 1 heterocycles. The fourth-order valence-corrected chi connectivity index (χ4v) is 2.46. The molecular formula is C15H22N2. The number of hydrogen-bond donors (Lipinski definition) is 1. The molecule has 17 heavy (non-hydrogen) atoms. The summed E-state index contributed by atoms with van der Waals surface area (Å²) >= 11 is 0. The second kappa shape index (κ2) is 4.52. The van der Waals surface area contributed by atoms with Gasteiger partial charge in [-0.15, -0.1) is 0 Å². The molecule has 0 amide bonds. The Hall–Kier alpha value is -1.31.